The number of fused-ring (bicyclic) bond motifs is 1. The summed E-state index contributed by atoms with van der Waals surface area (Å²) in [6.45, 7) is 4.23. The number of nitrogens with zero attached hydrogens (tertiary/aromatic N) is 2. The second-order valence-corrected chi connectivity index (χ2v) is 7.52. The van der Waals surface area contributed by atoms with E-state index in [-0.39, 0.29) is 11.9 Å². The van der Waals surface area contributed by atoms with Crippen LogP contribution in [0.3, 0.4) is 0 Å². The molecule has 7 heteroatoms. The fraction of sp³-hybridized carbons (Fsp3) is 0.524. The Bertz CT molecular complexity index is 813. The van der Waals surface area contributed by atoms with Crippen LogP contribution in [0.2, 0.25) is 0 Å². The fourth-order valence-electron chi connectivity index (χ4n) is 4.29. The van der Waals surface area contributed by atoms with E-state index in [0.29, 0.717) is 18.8 Å². The van der Waals surface area contributed by atoms with Crippen LogP contribution in [0.1, 0.15) is 52.6 Å². The van der Waals surface area contributed by atoms with Gasteiger partial charge in [0.25, 0.3) is 5.91 Å². The second kappa shape index (κ2) is 8.75. The molecule has 1 aromatic carbocycles. The minimum absolute atomic E-state index is 0.0910. The number of nitrogens with one attached hydrogen (secondary N) is 3. The molecule has 4 rings (SSSR count). The highest BCUT2D eigenvalue weighted by Crippen LogP contribution is 2.31. The molecule has 1 atom stereocenters. The maximum atomic E-state index is 12.9. The molecule has 0 aliphatic carbocycles. The standard InChI is InChI=1S/C21H29N5O2/c1-28-19-8-4-3-7-15(19)18(26-11-5-2-6-12-26)14-23-21(27)20-16-13-22-10-9-17(16)24-25-20/h3-4,7-8,18,22H,2,5-6,9-14H2,1H3,(H,23,27)(H,24,25). The van der Waals surface area contributed by atoms with Gasteiger partial charge in [0.1, 0.15) is 5.75 Å². The number of carbonyl (C=O) groups excluding carboxylic acids is 1. The van der Waals surface area contributed by atoms with Crippen molar-refractivity contribution in [1.82, 2.24) is 25.7 Å². The Morgan fingerprint density at radius 3 is 2.93 bits per heavy atom. The minimum atomic E-state index is -0.113. The first-order valence-electron chi connectivity index (χ1n) is 10.2. The number of likely N-dealkylation sites (tertiary alicyclic amines) is 1. The highest BCUT2D eigenvalue weighted by Gasteiger charge is 2.27. The molecule has 2 aliphatic rings. The number of piperidine rings is 1. The number of aromatic nitrogens is 2. The number of hydrogen-bond acceptors (Lipinski definition) is 5. The van der Waals surface area contributed by atoms with Crippen LogP contribution in [0.5, 0.6) is 5.75 Å². The zero-order valence-electron chi connectivity index (χ0n) is 16.5. The van der Waals surface area contributed by atoms with Crippen LogP contribution >= 0.6 is 0 Å². The predicted molar refractivity (Wildman–Crippen MR) is 107 cm³/mol. The summed E-state index contributed by atoms with van der Waals surface area (Å²) < 4.78 is 5.61. The van der Waals surface area contributed by atoms with Gasteiger partial charge in [-0.15, -0.1) is 0 Å². The molecule has 7 nitrogen and oxygen atoms in total. The largest absolute Gasteiger partial charge is 0.496 e. The number of methoxy groups -OCH3 is 1. The van der Waals surface area contributed by atoms with Crippen LogP contribution in [-0.2, 0) is 13.0 Å². The van der Waals surface area contributed by atoms with E-state index in [9.17, 15) is 4.79 Å². The Kier molecular flexibility index (Phi) is 5.92. The van der Waals surface area contributed by atoms with Crippen molar-refractivity contribution in [3.8, 4) is 5.75 Å². The number of hydrogen-bond donors (Lipinski definition) is 3. The molecule has 1 amide bonds. The SMILES string of the molecule is COc1ccccc1C(CNC(=O)c1n[nH]c2c1CNCC2)N1CCCCC1. The van der Waals surface area contributed by atoms with Crippen LogP contribution in [0.4, 0.5) is 0 Å². The molecule has 1 aromatic heterocycles. The third kappa shape index (κ3) is 3.91. The summed E-state index contributed by atoms with van der Waals surface area (Å²) in [5.74, 6) is 0.756. The normalized spacial score (nSPS) is 18.3. The van der Waals surface area contributed by atoms with Crippen molar-refractivity contribution in [2.24, 2.45) is 0 Å². The van der Waals surface area contributed by atoms with E-state index in [1.807, 2.05) is 18.2 Å². The molecule has 0 bridgehead atoms. The summed E-state index contributed by atoms with van der Waals surface area (Å²) in [7, 11) is 1.70. The van der Waals surface area contributed by atoms with E-state index in [2.05, 4.69) is 31.8 Å². The van der Waals surface area contributed by atoms with Gasteiger partial charge in [0, 0.05) is 42.9 Å². The molecule has 28 heavy (non-hydrogen) atoms. The van der Waals surface area contributed by atoms with Crippen molar-refractivity contribution >= 4 is 5.91 Å². The fourth-order valence-corrected chi connectivity index (χ4v) is 4.29. The monoisotopic (exact) mass is 383 g/mol. The van der Waals surface area contributed by atoms with Gasteiger partial charge in [-0.25, -0.2) is 0 Å². The van der Waals surface area contributed by atoms with Gasteiger partial charge in [0.15, 0.2) is 5.69 Å². The van der Waals surface area contributed by atoms with Crippen LogP contribution < -0.4 is 15.4 Å². The molecule has 3 heterocycles. The smallest absolute Gasteiger partial charge is 0.272 e. The highest BCUT2D eigenvalue weighted by atomic mass is 16.5. The second-order valence-electron chi connectivity index (χ2n) is 7.52. The average molecular weight is 383 g/mol. The molecule has 2 aromatic rings. The number of benzene rings is 1. The number of ether oxygens (including phenoxy) is 1. The number of amides is 1. The van der Waals surface area contributed by atoms with Gasteiger partial charge in [-0.2, -0.15) is 5.10 Å². The molecule has 1 fully saturated rings. The number of rotatable bonds is 6. The lowest BCUT2D eigenvalue weighted by Crippen LogP contribution is -2.41. The number of aromatic amines is 1. The van der Waals surface area contributed by atoms with E-state index < -0.39 is 0 Å². The number of carbonyl (C=O) groups is 1. The lowest BCUT2D eigenvalue weighted by atomic mass is 10.0. The topological polar surface area (TPSA) is 82.3 Å². The zero-order chi connectivity index (χ0) is 19.3. The maximum absolute atomic E-state index is 12.9. The Balaban J connectivity index is 1.52. The molecule has 0 radical (unpaired) electrons. The molecule has 2 aliphatic heterocycles. The first kappa shape index (κ1) is 19.0. The Labute approximate surface area is 165 Å². The van der Waals surface area contributed by atoms with Crippen molar-refractivity contribution in [2.75, 3.05) is 33.3 Å². The quantitative estimate of drug-likeness (QED) is 0.711. The van der Waals surface area contributed by atoms with Crippen LogP contribution in [0, 0.1) is 0 Å². The molecule has 3 N–H and O–H groups in total. The lowest BCUT2D eigenvalue weighted by molar-refractivity contribution is 0.0917. The van der Waals surface area contributed by atoms with Crippen LogP contribution in [-0.4, -0.2) is 54.3 Å². The van der Waals surface area contributed by atoms with Gasteiger partial charge in [-0.05, 0) is 32.0 Å². The first-order valence-corrected chi connectivity index (χ1v) is 10.2. The lowest BCUT2D eigenvalue weighted by Gasteiger charge is -2.35. The van der Waals surface area contributed by atoms with Gasteiger partial charge in [0.05, 0.1) is 13.2 Å². The van der Waals surface area contributed by atoms with Crippen molar-refractivity contribution in [3.63, 3.8) is 0 Å². The van der Waals surface area contributed by atoms with E-state index in [4.69, 9.17) is 4.74 Å². The molecule has 0 saturated carbocycles. The number of para-hydroxylation sites is 1. The molecule has 1 unspecified atom stereocenters. The van der Waals surface area contributed by atoms with Gasteiger partial charge >= 0.3 is 0 Å². The van der Waals surface area contributed by atoms with Gasteiger partial charge in [0.2, 0.25) is 0 Å². The minimum Gasteiger partial charge on any atom is -0.496 e. The van der Waals surface area contributed by atoms with Crippen molar-refractivity contribution < 1.29 is 9.53 Å². The average Bonchev–Trinajstić information content (AvgIpc) is 3.19. The number of H-pyrrole nitrogens is 1. The van der Waals surface area contributed by atoms with Crippen molar-refractivity contribution in [1.29, 1.82) is 0 Å². The Hall–Kier alpha value is -2.38. The third-order valence-electron chi connectivity index (χ3n) is 5.81. The van der Waals surface area contributed by atoms with Crippen molar-refractivity contribution in [2.45, 2.75) is 38.3 Å². The van der Waals surface area contributed by atoms with Crippen LogP contribution in [0.25, 0.3) is 0 Å². The summed E-state index contributed by atoms with van der Waals surface area (Å²) in [4.78, 5) is 15.3. The molecule has 0 spiro atoms. The van der Waals surface area contributed by atoms with E-state index in [0.717, 1.165) is 48.6 Å². The summed E-state index contributed by atoms with van der Waals surface area (Å²) >= 11 is 0. The van der Waals surface area contributed by atoms with E-state index in [1.54, 1.807) is 7.11 Å². The molecular weight excluding hydrogens is 354 g/mol. The maximum Gasteiger partial charge on any atom is 0.272 e. The van der Waals surface area contributed by atoms with Gasteiger partial charge in [-0.3, -0.25) is 14.8 Å². The van der Waals surface area contributed by atoms with Gasteiger partial charge in [-0.1, -0.05) is 24.6 Å². The molecule has 150 valence electrons. The summed E-state index contributed by atoms with van der Waals surface area (Å²) in [5, 5.41) is 13.8. The van der Waals surface area contributed by atoms with E-state index in [1.165, 1.54) is 19.3 Å². The summed E-state index contributed by atoms with van der Waals surface area (Å²) in [5.41, 5.74) is 3.70. The first-order chi connectivity index (χ1) is 13.8. The molecule has 1 saturated heterocycles. The Morgan fingerprint density at radius 1 is 1.29 bits per heavy atom. The van der Waals surface area contributed by atoms with Crippen molar-refractivity contribution in [3.05, 3.63) is 46.8 Å². The zero-order valence-corrected chi connectivity index (χ0v) is 16.5. The van der Waals surface area contributed by atoms with Crippen LogP contribution in [0.15, 0.2) is 24.3 Å². The third-order valence-corrected chi connectivity index (χ3v) is 5.81. The summed E-state index contributed by atoms with van der Waals surface area (Å²) in [6.07, 6.45) is 4.54. The summed E-state index contributed by atoms with van der Waals surface area (Å²) in [6, 6.07) is 8.20. The van der Waals surface area contributed by atoms with Gasteiger partial charge < -0.3 is 15.4 Å². The molecular formula is C21H29N5O2. The predicted octanol–water partition coefficient (Wildman–Crippen LogP) is 2.02. The highest BCUT2D eigenvalue weighted by molar-refractivity contribution is 5.94. The Morgan fingerprint density at radius 2 is 2.11 bits per heavy atom. The van der Waals surface area contributed by atoms with E-state index >= 15 is 0 Å².